The van der Waals surface area contributed by atoms with Gasteiger partial charge >= 0.3 is 0 Å². The molecule has 20 heavy (non-hydrogen) atoms. The third-order valence-corrected chi connectivity index (χ3v) is 4.34. The summed E-state index contributed by atoms with van der Waals surface area (Å²) in [6, 6.07) is 6.00. The van der Waals surface area contributed by atoms with Crippen LogP contribution in [0.2, 0.25) is 0 Å². The van der Waals surface area contributed by atoms with E-state index in [-0.39, 0.29) is 11.9 Å². The second-order valence-corrected chi connectivity index (χ2v) is 6.24. The summed E-state index contributed by atoms with van der Waals surface area (Å²) in [5, 5.41) is 12.1. The Labute approximate surface area is 125 Å². The summed E-state index contributed by atoms with van der Waals surface area (Å²) in [6.07, 6.45) is 2.24. The van der Waals surface area contributed by atoms with Crippen LogP contribution in [0.25, 0.3) is 10.9 Å². The molecule has 6 heteroatoms. The number of guanidine groups is 1. The van der Waals surface area contributed by atoms with Crippen LogP contribution in [-0.4, -0.2) is 28.8 Å². The van der Waals surface area contributed by atoms with Crippen molar-refractivity contribution in [3.05, 3.63) is 34.4 Å². The third kappa shape index (κ3) is 1.91. The minimum Gasteiger partial charge on any atom is -0.361 e. The fourth-order valence-corrected chi connectivity index (χ4v) is 3.01. The molecule has 5 nitrogen and oxygen atoms in total. The molecule has 1 aliphatic heterocycles. The lowest BCUT2D eigenvalue weighted by atomic mass is 9.86. The van der Waals surface area contributed by atoms with Gasteiger partial charge in [0.15, 0.2) is 5.96 Å². The molecule has 3 rings (SSSR count). The molecule has 104 valence electrons. The number of hydrogen-bond donors (Lipinski definition) is 3. The number of hydrogen-bond acceptors (Lipinski definition) is 2. The lowest BCUT2D eigenvalue weighted by molar-refractivity contribution is -0.129. The van der Waals surface area contributed by atoms with Crippen LogP contribution < -0.4 is 5.32 Å². The summed E-state index contributed by atoms with van der Waals surface area (Å²) in [5.41, 5.74) is 1.45. The zero-order chi connectivity index (χ0) is 14.5. The monoisotopic (exact) mass is 334 g/mol. The minimum absolute atomic E-state index is 0.0550. The molecule has 1 saturated heterocycles. The van der Waals surface area contributed by atoms with Crippen molar-refractivity contribution in [3.63, 3.8) is 0 Å². The maximum atomic E-state index is 12.0. The predicted octanol–water partition coefficient (Wildman–Crippen LogP) is 2.53. The average molecular weight is 335 g/mol. The summed E-state index contributed by atoms with van der Waals surface area (Å²) in [5.74, 6) is 0.0775. The molecule has 1 fully saturated rings. The Morgan fingerprint density at radius 1 is 1.45 bits per heavy atom. The summed E-state index contributed by atoms with van der Waals surface area (Å²) >= 11 is 3.47. The molecule has 1 atom stereocenters. The summed E-state index contributed by atoms with van der Waals surface area (Å²) < 4.78 is 0.990. The molecule has 0 unspecified atom stereocenters. The molecular weight excluding hydrogens is 320 g/mol. The number of rotatable bonds is 1. The maximum Gasteiger partial charge on any atom is 0.231 e. The third-order valence-electron chi connectivity index (χ3n) is 3.85. The van der Waals surface area contributed by atoms with Crippen molar-refractivity contribution < 1.29 is 4.79 Å². The molecule has 3 N–H and O–H groups in total. The summed E-state index contributed by atoms with van der Waals surface area (Å²) in [7, 11) is 1.61. The number of aromatic nitrogens is 1. The number of amides is 1. The SMILES string of the molecule is CN1C(=N)N[C@](C)(c2c[nH]c3ccc(Br)cc23)CC1=O. The normalized spacial score (nSPS) is 23.2. The number of halogens is 1. The molecule has 0 aliphatic carbocycles. The number of H-pyrrole nitrogens is 1. The van der Waals surface area contributed by atoms with Crippen molar-refractivity contribution in [1.29, 1.82) is 5.41 Å². The van der Waals surface area contributed by atoms with Gasteiger partial charge in [0, 0.05) is 34.2 Å². The number of carbonyl (C=O) groups excluding carboxylic acids is 1. The summed E-state index contributed by atoms with van der Waals surface area (Å²) in [6.45, 7) is 1.95. The van der Waals surface area contributed by atoms with Crippen LogP contribution >= 0.6 is 15.9 Å². The lowest BCUT2D eigenvalue weighted by Crippen LogP contribution is -2.58. The van der Waals surface area contributed by atoms with E-state index in [4.69, 9.17) is 5.41 Å². The standard InChI is InChI=1S/C14H15BrN4O/c1-14(6-12(20)19(2)13(16)18-14)10-7-17-11-4-3-8(15)5-9(10)11/h3-5,7,17H,6H2,1-2H3,(H2,16,18)/t14-/m0/s1. The maximum absolute atomic E-state index is 12.0. The van der Waals surface area contributed by atoms with Crippen LogP contribution in [0.4, 0.5) is 0 Å². The van der Waals surface area contributed by atoms with E-state index in [9.17, 15) is 4.79 Å². The fraction of sp³-hybridized carbons (Fsp3) is 0.286. The molecule has 2 heterocycles. The van der Waals surface area contributed by atoms with Gasteiger partial charge in [-0.3, -0.25) is 15.1 Å². The van der Waals surface area contributed by atoms with Crippen LogP contribution in [-0.2, 0) is 10.3 Å². The van der Waals surface area contributed by atoms with E-state index in [1.54, 1.807) is 7.05 Å². The highest BCUT2D eigenvalue weighted by molar-refractivity contribution is 9.10. The first-order valence-electron chi connectivity index (χ1n) is 6.31. The molecule has 1 aromatic carbocycles. The second kappa shape index (κ2) is 4.34. The number of nitrogens with one attached hydrogen (secondary N) is 3. The van der Waals surface area contributed by atoms with Gasteiger partial charge < -0.3 is 10.3 Å². The Balaban J connectivity index is 2.12. The first-order valence-corrected chi connectivity index (χ1v) is 7.10. The van der Waals surface area contributed by atoms with Gasteiger partial charge in [-0.2, -0.15) is 0 Å². The molecule has 1 aromatic heterocycles. The van der Waals surface area contributed by atoms with Crippen molar-refractivity contribution >= 4 is 38.7 Å². The van der Waals surface area contributed by atoms with Crippen molar-refractivity contribution in [2.75, 3.05) is 7.05 Å². The Hall–Kier alpha value is -1.82. The Bertz CT molecular complexity index is 703. The molecule has 0 bridgehead atoms. The van der Waals surface area contributed by atoms with Crippen LogP contribution in [0.15, 0.2) is 28.9 Å². The van der Waals surface area contributed by atoms with Crippen molar-refractivity contribution in [1.82, 2.24) is 15.2 Å². The molecule has 1 amide bonds. The Morgan fingerprint density at radius 2 is 2.20 bits per heavy atom. The zero-order valence-electron chi connectivity index (χ0n) is 11.2. The van der Waals surface area contributed by atoms with E-state index in [2.05, 4.69) is 26.2 Å². The number of benzene rings is 1. The van der Waals surface area contributed by atoms with E-state index >= 15 is 0 Å². The number of fused-ring (bicyclic) bond motifs is 1. The number of carbonyl (C=O) groups is 1. The van der Waals surface area contributed by atoms with E-state index < -0.39 is 5.54 Å². The first kappa shape index (κ1) is 13.2. The van der Waals surface area contributed by atoms with Gasteiger partial charge in [0.05, 0.1) is 12.0 Å². The Morgan fingerprint density at radius 3 is 2.90 bits per heavy atom. The van der Waals surface area contributed by atoms with Gasteiger partial charge in [-0.25, -0.2) is 0 Å². The molecule has 0 radical (unpaired) electrons. The minimum atomic E-state index is -0.570. The van der Waals surface area contributed by atoms with E-state index in [0.717, 1.165) is 20.9 Å². The lowest BCUT2D eigenvalue weighted by Gasteiger charge is -2.39. The molecule has 1 aliphatic rings. The van der Waals surface area contributed by atoms with E-state index in [1.165, 1.54) is 4.90 Å². The van der Waals surface area contributed by atoms with Crippen molar-refractivity contribution in [3.8, 4) is 0 Å². The number of aromatic amines is 1. The highest BCUT2D eigenvalue weighted by Gasteiger charge is 2.39. The van der Waals surface area contributed by atoms with Crippen LogP contribution in [0, 0.1) is 5.41 Å². The number of nitrogens with zero attached hydrogens (tertiary/aromatic N) is 1. The Kier molecular flexibility index (Phi) is 2.86. The smallest absolute Gasteiger partial charge is 0.231 e. The highest BCUT2D eigenvalue weighted by Crippen LogP contribution is 2.34. The van der Waals surface area contributed by atoms with Crippen LogP contribution in [0.5, 0.6) is 0 Å². The first-order chi connectivity index (χ1) is 9.40. The largest absolute Gasteiger partial charge is 0.361 e. The van der Waals surface area contributed by atoms with Gasteiger partial charge in [0.1, 0.15) is 0 Å². The fourth-order valence-electron chi connectivity index (χ4n) is 2.65. The molecule has 2 aromatic rings. The van der Waals surface area contributed by atoms with Gasteiger partial charge in [0.25, 0.3) is 0 Å². The van der Waals surface area contributed by atoms with Gasteiger partial charge in [0.2, 0.25) is 5.91 Å². The van der Waals surface area contributed by atoms with E-state index in [1.807, 2.05) is 31.3 Å². The van der Waals surface area contributed by atoms with Gasteiger partial charge in [-0.05, 0) is 25.1 Å². The highest BCUT2D eigenvalue weighted by atomic mass is 79.9. The van der Waals surface area contributed by atoms with Crippen LogP contribution in [0.1, 0.15) is 18.9 Å². The predicted molar refractivity (Wildman–Crippen MR) is 81.6 cm³/mol. The zero-order valence-corrected chi connectivity index (χ0v) is 12.8. The van der Waals surface area contributed by atoms with Gasteiger partial charge in [-0.1, -0.05) is 15.9 Å². The van der Waals surface area contributed by atoms with Crippen LogP contribution in [0.3, 0.4) is 0 Å². The van der Waals surface area contributed by atoms with Gasteiger partial charge in [-0.15, -0.1) is 0 Å². The van der Waals surface area contributed by atoms with Crippen molar-refractivity contribution in [2.45, 2.75) is 18.9 Å². The molecule has 0 spiro atoms. The molecular formula is C14H15BrN4O. The summed E-state index contributed by atoms with van der Waals surface area (Å²) in [4.78, 5) is 16.6. The topological polar surface area (TPSA) is 72.0 Å². The molecule has 0 saturated carbocycles. The quantitative estimate of drug-likeness (QED) is 0.749. The van der Waals surface area contributed by atoms with E-state index in [0.29, 0.717) is 6.42 Å². The average Bonchev–Trinajstić information content (AvgIpc) is 2.79. The van der Waals surface area contributed by atoms with Crippen molar-refractivity contribution in [2.24, 2.45) is 0 Å². The second-order valence-electron chi connectivity index (χ2n) is 5.33.